The van der Waals surface area contributed by atoms with Gasteiger partial charge in [0.1, 0.15) is 11.6 Å². The highest BCUT2D eigenvalue weighted by molar-refractivity contribution is 6.11. The van der Waals surface area contributed by atoms with E-state index >= 15 is 0 Å². The smallest absolute Gasteiger partial charge is 0.259 e. The lowest BCUT2D eigenvalue weighted by molar-refractivity contribution is 0.0711. The van der Waals surface area contributed by atoms with Crippen molar-refractivity contribution in [2.45, 2.75) is 25.8 Å². The molecule has 1 fully saturated rings. The van der Waals surface area contributed by atoms with Crippen LogP contribution in [0.25, 0.3) is 11.0 Å². The molecule has 1 aliphatic rings. The van der Waals surface area contributed by atoms with E-state index in [1.54, 1.807) is 42.3 Å². The number of aryl methyl sites for hydroxylation is 2. The summed E-state index contributed by atoms with van der Waals surface area (Å²) >= 11 is 0. The van der Waals surface area contributed by atoms with Crippen LogP contribution in [0.5, 0.6) is 5.75 Å². The van der Waals surface area contributed by atoms with E-state index in [9.17, 15) is 9.59 Å². The quantitative estimate of drug-likeness (QED) is 0.641. The second-order valence-electron chi connectivity index (χ2n) is 7.92. The Hall–Kier alpha value is -3.39. The molecule has 1 unspecified atom stereocenters. The summed E-state index contributed by atoms with van der Waals surface area (Å²) in [5.41, 5.74) is 2.86. The molecule has 0 aliphatic carbocycles. The van der Waals surface area contributed by atoms with Crippen LogP contribution in [-0.4, -0.2) is 59.7 Å². The molecule has 4 rings (SSSR count). The van der Waals surface area contributed by atoms with Gasteiger partial charge >= 0.3 is 0 Å². The summed E-state index contributed by atoms with van der Waals surface area (Å²) in [6, 6.07) is 10.6. The fraction of sp³-hybridized carbons (Fsp3) is 0.375. The highest BCUT2D eigenvalue weighted by Gasteiger charge is 2.26. The van der Waals surface area contributed by atoms with Crippen LogP contribution >= 0.6 is 0 Å². The molecule has 1 aromatic heterocycles. The highest BCUT2D eigenvalue weighted by Crippen LogP contribution is 2.29. The molecule has 2 heterocycles. The number of fused-ring (bicyclic) bond motifs is 1. The maximum absolute atomic E-state index is 13.2. The largest absolute Gasteiger partial charge is 0.496 e. The maximum Gasteiger partial charge on any atom is 0.259 e. The predicted octanol–water partition coefficient (Wildman–Crippen LogP) is 3.26. The summed E-state index contributed by atoms with van der Waals surface area (Å²) < 4.78 is 12.7. The Morgan fingerprint density at radius 3 is 2.78 bits per heavy atom. The zero-order valence-electron chi connectivity index (χ0n) is 18.8. The zero-order valence-corrected chi connectivity index (χ0v) is 18.8. The van der Waals surface area contributed by atoms with Crippen molar-refractivity contribution in [3.63, 3.8) is 0 Å². The van der Waals surface area contributed by atoms with Gasteiger partial charge < -0.3 is 24.3 Å². The van der Waals surface area contributed by atoms with Gasteiger partial charge in [0.05, 0.1) is 42.0 Å². The lowest BCUT2D eigenvalue weighted by Crippen LogP contribution is -2.37. The second-order valence-corrected chi connectivity index (χ2v) is 7.92. The molecule has 32 heavy (non-hydrogen) atoms. The summed E-state index contributed by atoms with van der Waals surface area (Å²) in [6.07, 6.45) is 1.54. The minimum absolute atomic E-state index is 0.0414. The Labute approximate surface area is 187 Å². The van der Waals surface area contributed by atoms with Crippen LogP contribution in [0.4, 0.5) is 5.69 Å². The molecule has 1 aliphatic heterocycles. The molecule has 0 spiro atoms. The second kappa shape index (κ2) is 9.00. The number of rotatable bonds is 6. The highest BCUT2D eigenvalue weighted by atomic mass is 16.5. The number of carbonyl (C=O) groups excluding carboxylic acids is 2. The Morgan fingerprint density at radius 2 is 2.09 bits per heavy atom. The van der Waals surface area contributed by atoms with Crippen LogP contribution in [0.15, 0.2) is 36.4 Å². The predicted molar refractivity (Wildman–Crippen MR) is 122 cm³/mol. The standard InChI is InChI=1S/C24H28N4O4/c1-5-21-25-18-12-15(24(30)27(2)16-10-11-32-14-16)13-19(22(18)28(21)3)26-23(29)17-8-6-7-9-20(17)31-4/h6-9,12-13,16H,5,10-11,14H2,1-4H3,(H,26,29). The molecule has 2 amide bonds. The van der Waals surface area contributed by atoms with Crippen molar-refractivity contribution in [2.24, 2.45) is 7.05 Å². The Morgan fingerprint density at radius 1 is 1.31 bits per heavy atom. The number of amides is 2. The molecule has 8 nitrogen and oxygen atoms in total. The van der Waals surface area contributed by atoms with Gasteiger partial charge in [-0.2, -0.15) is 0 Å². The molecule has 168 valence electrons. The molecule has 0 saturated carbocycles. The van der Waals surface area contributed by atoms with Gasteiger partial charge in [0.15, 0.2) is 0 Å². The average molecular weight is 437 g/mol. The van der Waals surface area contributed by atoms with Crippen LogP contribution in [0.3, 0.4) is 0 Å². The normalized spacial score (nSPS) is 15.7. The van der Waals surface area contributed by atoms with E-state index in [1.165, 1.54) is 7.11 Å². The van der Waals surface area contributed by atoms with Gasteiger partial charge in [-0.25, -0.2) is 4.98 Å². The van der Waals surface area contributed by atoms with E-state index in [0.717, 1.165) is 24.2 Å². The first-order chi connectivity index (χ1) is 15.4. The van der Waals surface area contributed by atoms with E-state index in [1.807, 2.05) is 24.6 Å². The Kier molecular flexibility index (Phi) is 6.14. The summed E-state index contributed by atoms with van der Waals surface area (Å²) in [5.74, 6) is 0.910. The number of nitrogens with zero attached hydrogens (tertiary/aromatic N) is 3. The zero-order chi connectivity index (χ0) is 22.8. The van der Waals surface area contributed by atoms with Crippen LogP contribution in [0.2, 0.25) is 0 Å². The Bertz CT molecular complexity index is 1160. The average Bonchev–Trinajstić information content (AvgIpc) is 3.46. The third-order valence-corrected chi connectivity index (χ3v) is 6.00. The number of ether oxygens (including phenoxy) is 2. The third-order valence-electron chi connectivity index (χ3n) is 6.00. The van der Waals surface area contributed by atoms with Gasteiger partial charge in [0.25, 0.3) is 11.8 Å². The summed E-state index contributed by atoms with van der Waals surface area (Å²) in [7, 11) is 5.23. The number of methoxy groups -OCH3 is 1. The maximum atomic E-state index is 13.2. The molecular formula is C24H28N4O4. The van der Waals surface area contributed by atoms with Crippen LogP contribution in [0, 0.1) is 0 Å². The van der Waals surface area contributed by atoms with Crippen molar-refractivity contribution in [2.75, 3.05) is 32.7 Å². The minimum Gasteiger partial charge on any atom is -0.496 e. The number of para-hydroxylation sites is 1. The summed E-state index contributed by atoms with van der Waals surface area (Å²) in [4.78, 5) is 32.8. The minimum atomic E-state index is -0.315. The van der Waals surface area contributed by atoms with Crippen LogP contribution < -0.4 is 10.1 Å². The Balaban J connectivity index is 1.76. The van der Waals surface area contributed by atoms with Crippen molar-refractivity contribution in [1.82, 2.24) is 14.5 Å². The number of hydrogen-bond acceptors (Lipinski definition) is 5. The lowest BCUT2D eigenvalue weighted by atomic mass is 10.1. The number of anilines is 1. The molecular weight excluding hydrogens is 408 g/mol. The lowest BCUT2D eigenvalue weighted by Gasteiger charge is -2.23. The molecule has 1 saturated heterocycles. The van der Waals surface area contributed by atoms with Gasteiger partial charge in [-0.15, -0.1) is 0 Å². The molecule has 0 bridgehead atoms. The summed E-state index contributed by atoms with van der Waals surface area (Å²) in [5, 5.41) is 2.98. The van der Waals surface area contributed by atoms with Crippen molar-refractivity contribution in [1.29, 1.82) is 0 Å². The number of carbonyl (C=O) groups is 2. The van der Waals surface area contributed by atoms with Gasteiger partial charge in [0.2, 0.25) is 0 Å². The monoisotopic (exact) mass is 436 g/mol. The van der Waals surface area contributed by atoms with E-state index in [-0.39, 0.29) is 17.9 Å². The van der Waals surface area contributed by atoms with Gasteiger partial charge in [-0.1, -0.05) is 19.1 Å². The first-order valence-corrected chi connectivity index (χ1v) is 10.7. The first-order valence-electron chi connectivity index (χ1n) is 10.7. The third kappa shape index (κ3) is 3.93. The number of likely N-dealkylation sites (N-methyl/N-ethyl adjacent to an activating group) is 1. The van der Waals surface area contributed by atoms with Crippen molar-refractivity contribution in [3.8, 4) is 5.75 Å². The number of hydrogen-bond donors (Lipinski definition) is 1. The van der Waals surface area contributed by atoms with E-state index in [4.69, 9.17) is 14.5 Å². The number of aromatic nitrogens is 2. The summed E-state index contributed by atoms with van der Waals surface area (Å²) in [6.45, 7) is 3.21. The van der Waals surface area contributed by atoms with Crippen molar-refractivity contribution < 1.29 is 19.1 Å². The fourth-order valence-corrected chi connectivity index (χ4v) is 4.15. The van der Waals surface area contributed by atoms with Crippen LogP contribution in [-0.2, 0) is 18.2 Å². The SMILES string of the molecule is CCc1nc2cc(C(=O)N(C)C3CCOC3)cc(NC(=O)c3ccccc3OC)c2n1C. The molecule has 1 N–H and O–H groups in total. The van der Waals surface area contributed by atoms with Crippen LogP contribution in [0.1, 0.15) is 39.9 Å². The number of imidazole rings is 1. The number of benzene rings is 2. The fourth-order valence-electron chi connectivity index (χ4n) is 4.15. The van der Waals surface area contributed by atoms with E-state index in [2.05, 4.69) is 5.32 Å². The van der Waals surface area contributed by atoms with Crippen molar-refractivity contribution in [3.05, 3.63) is 53.3 Å². The molecule has 2 aromatic carbocycles. The molecule has 1 atom stereocenters. The number of nitrogens with one attached hydrogen (secondary N) is 1. The molecule has 8 heteroatoms. The van der Waals surface area contributed by atoms with Gasteiger partial charge in [-0.3, -0.25) is 9.59 Å². The topological polar surface area (TPSA) is 85.7 Å². The molecule has 3 aromatic rings. The van der Waals surface area contributed by atoms with E-state index < -0.39 is 0 Å². The van der Waals surface area contributed by atoms with Crippen molar-refractivity contribution >= 4 is 28.5 Å². The van der Waals surface area contributed by atoms with Gasteiger partial charge in [-0.05, 0) is 30.7 Å². The first kappa shape index (κ1) is 21.8. The van der Waals surface area contributed by atoms with E-state index in [0.29, 0.717) is 41.3 Å². The van der Waals surface area contributed by atoms with Gasteiger partial charge in [0, 0.05) is 32.7 Å². The molecule has 0 radical (unpaired) electrons.